The third-order valence-electron chi connectivity index (χ3n) is 4.09. The molecule has 6 nitrogen and oxygen atoms in total. The predicted octanol–water partition coefficient (Wildman–Crippen LogP) is 1.71. The number of hydrogen-bond acceptors (Lipinski definition) is 5. The molecule has 1 aliphatic carbocycles. The van der Waals surface area contributed by atoms with E-state index in [1.807, 2.05) is 6.92 Å². The minimum absolute atomic E-state index is 0.0218. The van der Waals surface area contributed by atoms with E-state index in [-0.39, 0.29) is 23.7 Å². The molecular weight excluding hydrogens is 298 g/mol. The standard InChI is InChI=1S/C17H31NO5/c1-3-21-10-11-23-13-12-22-9-8-17(20)18-16-6-4-15(5-7-16)14(2)19/h15-16H,3-13H2,1-2H3,(H,18,20)/t15-,16+. The van der Waals surface area contributed by atoms with Gasteiger partial charge in [-0.25, -0.2) is 0 Å². The third-order valence-corrected chi connectivity index (χ3v) is 4.09. The molecule has 134 valence electrons. The van der Waals surface area contributed by atoms with Crippen molar-refractivity contribution in [2.24, 2.45) is 5.92 Å². The number of ketones is 1. The fourth-order valence-electron chi connectivity index (χ4n) is 2.69. The monoisotopic (exact) mass is 329 g/mol. The van der Waals surface area contributed by atoms with Crippen molar-refractivity contribution >= 4 is 11.7 Å². The van der Waals surface area contributed by atoms with Crippen LogP contribution in [0.5, 0.6) is 0 Å². The maximum Gasteiger partial charge on any atom is 0.222 e. The molecule has 0 radical (unpaired) electrons. The Kier molecular flexibility index (Phi) is 10.9. The third kappa shape index (κ3) is 9.69. The van der Waals surface area contributed by atoms with Crippen LogP contribution in [0.25, 0.3) is 0 Å². The van der Waals surface area contributed by atoms with Crippen molar-refractivity contribution in [3.8, 4) is 0 Å². The Balaban J connectivity index is 1.94. The van der Waals surface area contributed by atoms with Gasteiger partial charge in [-0.1, -0.05) is 0 Å². The molecule has 0 bridgehead atoms. The quantitative estimate of drug-likeness (QED) is 0.552. The molecule has 0 atom stereocenters. The first-order valence-corrected chi connectivity index (χ1v) is 8.66. The first kappa shape index (κ1) is 20.1. The van der Waals surface area contributed by atoms with Crippen LogP contribution in [-0.2, 0) is 23.8 Å². The summed E-state index contributed by atoms with van der Waals surface area (Å²) in [6, 6.07) is 0.208. The van der Waals surface area contributed by atoms with Crippen molar-refractivity contribution in [2.75, 3.05) is 39.6 Å². The van der Waals surface area contributed by atoms with Crippen molar-refractivity contribution in [1.82, 2.24) is 5.32 Å². The second kappa shape index (κ2) is 12.4. The lowest BCUT2D eigenvalue weighted by molar-refractivity contribution is -0.123. The second-order valence-corrected chi connectivity index (χ2v) is 5.90. The van der Waals surface area contributed by atoms with E-state index in [0.29, 0.717) is 46.1 Å². The molecule has 1 amide bonds. The van der Waals surface area contributed by atoms with Crippen LogP contribution < -0.4 is 5.32 Å². The predicted molar refractivity (Wildman–Crippen MR) is 87.3 cm³/mol. The summed E-state index contributed by atoms with van der Waals surface area (Å²) in [5.41, 5.74) is 0. The van der Waals surface area contributed by atoms with Crippen LogP contribution in [0.3, 0.4) is 0 Å². The maximum absolute atomic E-state index is 11.8. The van der Waals surface area contributed by atoms with Crippen LogP contribution in [0.15, 0.2) is 0 Å². The van der Waals surface area contributed by atoms with Crippen LogP contribution in [0.1, 0.15) is 46.0 Å². The van der Waals surface area contributed by atoms with Crippen molar-refractivity contribution < 1.29 is 23.8 Å². The Labute approximate surface area is 139 Å². The molecule has 1 N–H and O–H groups in total. The van der Waals surface area contributed by atoms with Crippen LogP contribution >= 0.6 is 0 Å². The zero-order chi connectivity index (χ0) is 16.9. The smallest absolute Gasteiger partial charge is 0.222 e. The number of hydrogen-bond donors (Lipinski definition) is 1. The van der Waals surface area contributed by atoms with Gasteiger partial charge < -0.3 is 19.5 Å². The Morgan fingerprint density at radius 1 is 0.913 bits per heavy atom. The van der Waals surface area contributed by atoms with E-state index in [4.69, 9.17) is 14.2 Å². The summed E-state index contributed by atoms with van der Waals surface area (Å²) < 4.78 is 15.8. The van der Waals surface area contributed by atoms with Crippen molar-refractivity contribution in [2.45, 2.75) is 52.0 Å². The van der Waals surface area contributed by atoms with E-state index >= 15 is 0 Å². The largest absolute Gasteiger partial charge is 0.379 e. The van der Waals surface area contributed by atoms with Crippen molar-refractivity contribution in [1.29, 1.82) is 0 Å². The number of rotatable bonds is 12. The topological polar surface area (TPSA) is 73.9 Å². The van der Waals surface area contributed by atoms with E-state index in [0.717, 1.165) is 25.7 Å². The summed E-state index contributed by atoms with van der Waals surface area (Å²) in [6.07, 6.45) is 3.92. The van der Waals surface area contributed by atoms with Gasteiger partial charge in [0.25, 0.3) is 0 Å². The van der Waals surface area contributed by atoms with Crippen LogP contribution in [0.2, 0.25) is 0 Å². The van der Waals surface area contributed by atoms with Crippen LogP contribution in [-0.4, -0.2) is 57.4 Å². The molecule has 0 saturated heterocycles. The Hall–Kier alpha value is -0.980. The highest BCUT2D eigenvalue weighted by Crippen LogP contribution is 2.24. The van der Waals surface area contributed by atoms with Crippen LogP contribution in [0.4, 0.5) is 0 Å². The lowest BCUT2D eigenvalue weighted by atomic mass is 9.84. The molecule has 0 aromatic heterocycles. The Morgan fingerprint density at radius 3 is 2.04 bits per heavy atom. The number of ether oxygens (including phenoxy) is 3. The normalized spacial score (nSPS) is 21.1. The van der Waals surface area contributed by atoms with E-state index in [1.165, 1.54) is 0 Å². The molecule has 0 aromatic carbocycles. The zero-order valence-electron chi connectivity index (χ0n) is 14.5. The molecule has 23 heavy (non-hydrogen) atoms. The number of carbonyl (C=O) groups excluding carboxylic acids is 2. The Bertz CT molecular complexity index is 340. The summed E-state index contributed by atoms with van der Waals surface area (Å²) in [5.74, 6) is 0.481. The number of Topliss-reactive ketones (excluding diaryl/α,β-unsaturated/α-hetero) is 1. The summed E-state index contributed by atoms with van der Waals surface area (Å²) in [7, 11) is 0. The van der Waals surface area contributed by atoms with Gasteiger partial charge >= 0.3 is 0 Å². The van der Waals surface area contributed by atoms with Gasteiger partial charge in [0.05, 0.1) is 33.0 Å². The van der Waals surface area contributed by atoms with Gasteiger partial charge in [-0.05, 0) is 39.5 Å². The molecule has 0 spiro atoms. The molecule has 1 rings (SSSR count). The number of amides is 1. The van der Waals surface area contributed by atoms with Crippen molar-refractivity contribution in [3.05, 3.63) is 0 Å². The van der Waals surface area contributed by atoms with Gasteiger partial charge in [-0.2, -0.15) is 0 Å². The minimum Gasteiger partial charge on any atom is -0.379 e. The fourth-order valence-corrected chi connectivity index (χ4v) is 2.69. The molecular formula is C17H31NO5. The SMILES string of the molecule is CCOCCOCCOCCC(=O)N[C@H]1CC[C@@H](C(C)=O)CC1. The average Bonchev–Trinajstić information content (AvgIpc) is 2.54. The first-order chi connectivity index (χ1) is 11.1. The highest BCUT2D eigenvalue weighted by molar-refractivity contribution is 5.78. The summed E-state index contributed by atoms with van der Waals surface area (Å²) in [4.78, 5) is 23.1. The fraction of sp³-hybridized carbons (Fsp3) is 0.882. The lowest BCUT2D eigenvalue weighted by Gasteiger charge is -2.27. The second-order valence-electron chi connectivity index (χ2n) is 5.90. The molecule has 0 heterocycles. The van der Waals surface area contributed by atoms with Gasteiger partial charge in [0.15, 0.2) is 0 Å². The highest BCUT2D eigenvalue weighted by Gasteiger charge is 2.24. The zero-order valence-corrected chi connectivity index (χ0v) is 14.5. The number of nitrogens with one attached hydrogen (secondary N) is 1. The average molecular weight is 329 g/mol. The van der Waals surface area contributed by atoms with Crippen molar-refractivity contribution in [3.63, 3.8) is 0 Å². The lowest BCUT2D eigenvalue weighted by Crippen LogP contribution is -2.38. The van der Waals surface area contributed by atoms with Gasteiger partial charge in [0, 0.05) is 25.0 Å². The molecule has 1 fully saturated rings. The highest BCUT2D eigenvalue weighted by atomic mass is 16.5. The summed E-state index contributed by atoms with van der Waals surface area (Å²) in [6.45, 7) is 6.89. The van der Waals surface area contributed by atoms with E-state index in [9.17, 15) is 9.59 Å². The van der Waals surface area contributed by atoms with E-state index < -0.39 is 0 Å². The maximum atomic E-state index is 11.8. The molecule has 1 saturated carbocycles. The minimum atomic E-state index is 0.0218. The van der Waals surface area contributed by atoms with E-state index in [2.05, 4.69) is 5.32 Å². The molecule has 6 heteroatoms. The molecule has 0 aromatic rings. The van der Waals surface area contributed by atoms with Gasteiger partial charge in [0.2, 0.25) is 5.91 Å². The van der Waals surface area contributed by atoms with Crippen LogP contribution in [0, 0.1) is 5.92 Å². The Morgan fingerprint density at radius 2 is 1.48 bits per heavy atom. The first-order valence-electron chi connectivity index (χ1n) is 8.66. The molecule has 0 aliphatic heterocycles. The van der Waals surface area contributed by atoms with Gasteiger partial charge in [-0.3, -0.25) is 9.59 Å². The number of carbonyl (C=O) groups is 2. The molecule has 0 unspecified atom stereocenters. The van der Waals surface area contributed by atoms with E-state index in [1.54, 1.807) is 6.92 Å². The summed E-state index contributed by atoms with van der Waals surface area (Å²) >= 11 is 0. The summed E-state index contributed by atoms with van der Waals surface area (Å²) in [5, 5.41) is 3.03. The van der Waals surface area contributed by atoms with Gasteiger partial charge in [0.1, 0.15) is 5.78 Å². The molecule has 1 aliphatic rings. The van der Waals surface area contributed by atoms with Gasteiger partial charge in [-0.15, -0.1) is 0 Å².